The molecule has 0 atom stereocenters. The third-order valence-electron chi connectivity index (χ3n) is 3.56. The topological polar surface area (TPSA) is 81.4 Å². The molecule has 0 bridgehead atoms. The van der Waals surface area contributed by atoms with Crippen LogP contribution in [-0.4, -0.2) is 27.7 Å². The lowest BCUT2D eigenvalue weighted by Crippen LogP contribution is -2.30. The first-order valence-electron chi connectivity index (χ1n) is 7.15. The van der Waals surface area contributed by atoms with Crippen LogP contribution in [0.25, 0.3) is 0 Å². The molecule has 5 nitrogen and oxygen atoms in total. The summed E-state index contributed by atoms with van der Waals surface area (Å²) in [6, 6.07) is 4.33. The Morgan fingerprint density at radius 3 is 2.67 bits per heavy atom. The highest BCUT2D eigenvalue weighted by molar-refractivity contribution is 7.89. The molecule has 1 fully saturated rings. The van der Waals surface area contributed by atoms with Gasteiger partial charge in [-0.25, -0.2) is 13.1 Å². The van der Waals surface area contributed by atoms with Crippen LogP contribution in [0.15, 0.2) is 23.1 Å². The van der Waals surface area contributed by atoms with Gasteiger partial charge in [-0.2, -0.15) is 0 Å². The lowest BCUT2D eigenvalue weighted by molar-refractivity contribution is 0.0321. The Balaban J connectivity index is 1.83. The minimum Gasteiger partial charge on any atom is -0.398 e. The number of sulfonamides is 1. The van der Waals surface area contributed by atoms with Crippen LogP contribution in [0.2, 0.25) is 5.02 Å². The normalized spacial score (nSPS) is 17.0. The van der Waals surface area contributed by atoms with Gasteiger partial charge in [0.1, 0.15) is 4.90 Å². The Morgan fingerprint density at radius 1 is 1.29 bits per heavy atom. The number of benzene rings is 1. The van der Waals surface area contributed by atoms with E-state index in [4.69, 9.17) is 22.1 Å². The van der Waals surface area contributed by atoms with E-state index in [1.807, 2.05) is 0 Å². The van der Waals surface area contributed by atoms with Gasteiger partial charge in [0.05, 0.1) is 18.4 Å². The van der Waals surface area contributed by atoms with Gasteiger partial charge in [0.2, 0.25) is 10.0 Å². The van der Waals surface area contributed by atoms with Crippen LogP contribution in [0, 0.1) is 0 Å². The highest BCUT2D eigenvalue weighted by Crippen LogP contribution is 2.22. The fourth-order valence-electron chi connectivity index (χ4n) is 2.48. The van der Waals surface area contributed by atoms with Crippen LogP contribution in [0.4, 0.5) is 5.69 Å². The van der Waals surface area contributed by atoms with Crippen molar-refractivity contribution in [3.63, 3.8) is 0 Å². The van der Waals surface area contributed by atoms with Crippen LogP contribution in [0.1, 0.15) is 32.1 Å². The smallest absolute Gasteiger partial charge is 0.242 e. The van der Waals surface area contributed by atoms with E-state index in [9.17, 15) is 8.42 Å². The Morgan fingerprint density at radius 2 is 2.00 bits per heavy atom. The average molecular weight is 333 g/mol. The van der Waals surface area contributed by atoms with Crippen LogP contribution in [0.3, 0.4) is 0 Å². The number of nitrogens with one attached hydrogen (secondary N) is 1. The van der Waals surface area contributed by atoms with Crippen molar-refractivity contribution in [2.24, 2.45) is 0 Å². The van der Waals surface area contributed by atoms with Crippen LogP contribution in [0.5, 0.6) is 0 Å². The molecular weight excluding hydrogens is 312 g/mol. The van der Waals surface area contributed by atoms with E-state index in [0.29, 0.717) is 11.6 Å². The zero-order valence-corrected chi connectivity index (χ0v) is 13.4. The van der Waals surface area contributed by atoms with Gasteiger partial charge in [-0.1, -0.05) is 30.9 Å². The molecule has 0 aromatic heterocycles. The van der Waals surface area contributed by atoms with Crippen molar-refractivity contribution in [1.82, 2.24) is 4.72 Å². The zero-order valence-electron chi connectivity index (χ0n) is 11.8. The monoisotopic (exact) mass is 332 g/mol. The lowest BCUT2D eigenvalue weighted by atomic mass is 9.98. The lowest BCUT2D eigenvalue weighted by Gasteiger charge is -2.22. The number of anilines is 1. The summed E-state index contributed by atoms with van der Waals surface area (Å²) in [5.41, 5.74) is 5.84. The van der Waals surface area contributed by atoms with Crippen LogP contribution >= 0.6 is 11.6 Å². The van der Waals surface area contributed by atoms with Crippen molar-refractivity contribution in [3.8, 4) is 0 Å². The third-order valence-corrected chi connectivity index (χ3v) is 5.33. The number of nitrogens with two attached hydrogens (primary N) is 1. The van der Waals surface area contributed by atoms with Gasteiger partial charge in [-0.3, -0.25) is 0 Å². The van der Waals surface area contributed by atoms with E-state index in [1.165, 1.54) is 37.5 Å². The van der Waals surface area contributed by atoms with Crippen molar-refractivity contribution in [1.29, 1.82) is 0 Å². The molecule has 0 saturated heterocycles. The molecule has 1 aliphatic carbocycles. The predicted octanol–water partition coefficient (Wildman–Crippen LogP) is 2.55. The SMILES string of the molecule is Nc1cc(Cl)ccc1S(=O)(=O)NCCOC1CCCCC1. The summed E-state index contributed by atoms with van der Waals surface area (Å²) < 4.78 is 32.4. The second kappa shape index (κ2) is 7.45. The van der Waals surface area contributed by atoms with Crippen molar-refractivity contribution in [3.05, 3.63) is 23.2 Å². The molecule has 0 radical (unpaired) electrons. The van der Waals surface area contributed by atoms with Gasteiger partial charge in [-0.05, 0) is 31.0 Å². The summed E-state index contributed by atoms with van der Waals surface area (Å²) in [4.78, 5) is 0.0459. The van der Waals surface area contributed by atoms with Gasteiger partial charge in [-0.15, -0.1) is 0 Å². The molecule has 1 aromatic rings. The Labute approximate surface area is 130 Å². The summed E-state index contributed by atoms with van der Waals surface area (Å²) in [6.07, 6.45) is 6.05. The zero-order chi connectivity index (χ0) is 15.3. The molecule has 1 aromatic carbocycles. The first-order chi connectivity index (χ1) is 9.99. The van der Waals surface area contributed by atoms with E-state index in [0.717, 1.165) is 12.8 Å². The first-order valence-corrected chi connectivity index (χ1v) is 9.01. The highest BCUT2D eigenvalue weighted by Gasteiger charge is 2.18. The molecule has 21 heavy (non-hydrogen) atoms. The summed E-state index contributed by atoms with van der Waals surface area (Å²) in [7, 11) is -3.62. The molecule has 0 spiro atoms. The molecule has 1 saturated carbocycles. The minimum absolute atomic E-state index is 0.0459. The number of ether oxygens (including phenoxy) is 1. The number of nitrogen functional groups attached to an aromatic ring is 1. The van der Waals surface area contributed by atoms with Gasteiger partial charge in [0.25, 0.3) is 0 Å². The average Bonchev–Trinajstić information content (AvgIpc) is 2.44. The molecule has 0 unspecified atom stereocenters. The van der Waals surface area contributed by atoms with Crippen molar-refractivity contribution in [2.45, 2.75) is 43.1 Å². The van der Waals surface area contributed by atoms with E-state index in [2.05, 4.69) is 4.72 Å². The minimum atomic E-state index is -3.62. The quantitative estimate of drug-likeness (QED) is 0.619. The van der Waals surface area contributed by atoms with Gasteiger partial charge < -0.3 is 10.5 Å². The number of hydrogen-bond donors (Lipinski definition) is 2. The Hall–Kier alpha value is -0.820. The summed E-state index contributed by atoms with van der Waals surface area (Å²) in [5, 5.41) is 0.409. The summed E-state index contributed by atoms with van der Waals surface area (Å²) >= 11 is 5.76. The van der Waals surface area contributed by atoms with Gasteiger partial charge in [0.15, 0.2) is 0 Å². The van der Waals surface area contributed by atoms with Crippen molar-refractivity contribution >= 4 is 27.3 Å². The van der Waals surface area contributed by atoms with Crippen molar-refractivity contribution < 1.29 is 13.2 Å². The second-order valence-corrected chi connectivity index (χ2v) is 7.38. The number of halogens is 1. The number of rotatable bonds is 6. The van der Waals surface area contributed by atoms with Crippen molar-refractivity contribution in [2.75, 3.05) is 18.9 Å². The van der Waals surface area contributed by atoms with E-state index in [-0.39, 0.29) is 23.2 Å². The fourth-order valence-corrected chi connectivity index (χ4v) is 3.78. The molecule has 2 rings (SSSR count). The third kappa shape index (κ3) is 4.85. The first kappa shape index (κ1) is 16.5. The Bertz CT molecular complexity index is 572. The molecule has 0 heterocycles. The maximum atomic E-state index is 12.1. The second-order valence-electron chi connectivity index (χ2n) is 5.21. The van der Waals surface area contributed by atoms with Crippen LogP contribution < -0.4 is 10.5 Å². The molecule has 1 aliphatic rings. The predicted molar refractivity (Wildman–Crippen MR) is 83.9 cm³/mol. The summed E-state index contributed by atoms with van der Waals surface area (Å²) in [6.45, 7) is 0.609. The standard InChI is InChI=1S/C14H21ClN2O3S/c15-11-6-7-14(13(16)10-11)21(18,19)17-8-9-20-12-4-2-1-3-5-12/h6-7,10,12,17H,1-5,8-9,16H2. The number of hydrogen-bond acceptors (Lipinski definition) is 4. The van der Waals surface area contributed by atoms with E-state index < -0.39 is 10.0 Å². The summed E-state index contributed by atoms with van der Waals surface area (Å²) in [5.74, 6) is 0. The Kier molecular flexibility index (Phi) is 5.87. The maximum Gasteiger partial charge on any atom is 0.242 e. The van der Waals surface area contributed by atoms with Gasteiger partial charge in [0, 0.05) is 11.6 Å². The molecule has 118 valence electrons. The molecule has 7 heteroatoms. The van der Waals surface area contributed by atoms with E-state index >= 15 is 0 Å². The maximum absolute atomic E-state index is 12.1. The fraction of sp³-hybridized carbons (Fsp3) is 0.571. The molecule has 3 N–H and O–H groups in total. The molecular formula is C14H21ClN2O3S. The molecule has 0 amide bonds. The van der Waals surface area contributed by atoms with E-state index in [1.54, 1.807) is 0 Å². The largest absolute Gasteiger partial charge is 0.398 e. The highest BCUT2D eigenvalue weighted by atomic mass is 35.5. The van der Waals surface area contributed by atoms with Crippen LogP contribution in [-0.2, 0) is 14.8 Å². The molecule has 0 aliphatic heterocycles. The van der Waals surface area contributed by atoms with Gasteiger partial charge >= 0.3 is 0 Å².